The van der Waals surface area contributed by atoms with Gasteiger partial charge in [0, 0.05) is 20.2 Å². The summed E-state index contributed by atoms with van der Waals surface area (Å²) in [6, 6.07) is 1.71. The summed E-state index contributed by atoms with van der Waals surface area (Å²) in [5.74, 6) is 0.308. The van der Waals surface area contributed by atoms with Gasteiger partial charge in [0.15, 0.2) is 0 Å². The standard InChI is InChI=1S/C10H14N6O/c1-6-8(11)9(16(3)14-6)10(17)13-7-4-5-12-15(7)2/h4-5H,11H2,1-3H3,(H,13,17). The number of nitrogens with two attached hydrogens (primary N) is 1. The Hall–Kier alpha value is -2.31. The Bertz CT molecular complexity index is 567. The fraction of sp³-hybridized carbons (Fsp3) is 0.300. The molecule has 0 radical (unpaired) electrons. The number of rotatable bonds is 2. The molecule has 17 heavy (non-hydrogen) atoms. The molecule has 2 rings (SSSR count). The lowest BCUT2D eigenvalue weighted by atomic mass is 10.3. The van der Waals surface area contributed by atoms with E-state index >= 15 is 0 Å². The summed E-state index contributed by atoms with van der Waals surface area (Å²) >= 11 is 0. The number of nitrogen functional groups attached to an aromatic ring is 1. The van der Waals surface area contributed by atoms with Gasteiger partial charge in [-0.25, -0.2) is 0 Å². The number of carbonyl (C=O) groups excluding carboxylic acids is 1. The molecule has 0 bridgehead atoms. The number of anilines is 2. The number of hydrogen-bond donors (Lipinski definition) is 2. The zero-order valence-electron chi connectivity index (χ0n) is 9.93. The summed E-state index contributed by atoms with van der Waals surface area (Å²) < 4.78 is 3.04. The van der Waals surface area contributed by atoms with Crippen LogP contribution < -0.4 is 11.1 Å². The van der Waals surface area contributed by atoms with Crippen LogP contribution in [0.25, 0.3) is 0 Å². The van der Waals surface area contributed by atoms with E-state index in [2.05, 4.69) is 15.5 Å². The molecule has 0 spiro atoms. The van der Waals surface area contributed by atoms with Gasteiger partial charge in [-0.15, -0.1) is 0 Å². The lowest BCUT2D eigenvalue weighted by Crippen LogP contribution is -2.19. The number of nitrogens with one attached hydrogen (secondary N) is 1. The van der Waals surface area contributed by atoms with Gasteiger partial charge in [-0.3, -0.25) is 14.2 Å². The van der Waals surface area contributed by atoms with E-state index in [1.807, 2.05) is 0 Å². The molecule has 2 heterocycles. The Labute approximate surface area is 98.2 Å². The van der Waals surface area contributed by atoms with Crippen molar-refractivity contribution in [1.29, 1.82) is 0 Å². The van der Waals surface area contributed by atoms with Gasteiger partial charge in [-0.05, 0) is 6.92 Å². The van der Waals surface area contributed by atoms with E-state index in [4.69, 9.17) is 5.73 Å². The first-order valence-electron chi connectivity index (χ1n) is 5.09. The molecule has 0 fully saturated rings. The van der Waals surface area contributed by atoms with Crippen molar-refractivity contribution in [3.05, 3.63) is 23.7 Å². The first-order chi connectivity index (χ1) is 8.00. The lowest BCUT2D eigenvalue weighted by Gasteiger charge is -2.06. The second-order valence-electron chi connectivity index (χ2n) is 3.77. The molecule has 1 amide bonds. The van der Waals surface area contributed by atoms with Crippen LogP contribution in [0.1, 0.15) is 16.2 Å². The normalized spacial score (nSPS) is 10.5. The Balaban J connectivity index is 2.29. The third-order valence-electron chi connectivity index (χ3n) is 2.55. The van der Waals surface area contributed by atoms with Crippen LogP contribution in [-0.4, -0.2) is 25.5 Å². The molecule has 90 valence electrons. The number of hydrogen-bond acceptors (Lipinski definition) is 4. The van der Waals surface area contributed by atoms with Gasteiger partial charge >= 0.3 is 0 Å². The van der Waals surface area contributed by atoms with E-state index in [1.54, 1.807) is 38.0 Å². The van der Waals surface area contributed by atoms with Gasteiger partial charge in [0.05, 0.1) is 17.6 Å². The van der Waals surface area contributed by atoms with Crippen LogP contribution in [0.3, 0.4) is 0 Å². The monoisotopic (exact) mass is 234 g/mol. The Morgan fingerprint density at radius 2 is 2.12 bits per heavy atom. The molecule has 0 unspecified atom stereocenters. The van der Waals surface area contributed by atoms with Crippen LogP contribution in [0, 0.1) is 6.92 Å². The molecular formula is C10H14N6O. The summed E-state index contributed by atoms with van der Waals surface area (Å²) in [5, 5.41) is 10.8. The number of carbonyl (C=O) groups is 1. The van der Waals surface area contributed by atoms with E-state index in [1.165, 1.54) is 4.68 Å². The van der Waals surface area contributed by atoms with Gasteiger partial charge < -0.3 is 11.1 Å². The molecule has 0 aliphatic rings. The van der Waals surface area contributed by atoms with Crippen LogP contribution in [0.5, 0.6) is 0 Å². The van der Waals surface area contributed by atoms with Crippen molar-refractivity contribution in [2.45, 2.75) is 6.92 Å². The van der Waals surface area contributed by atoms with Crippen molar-refractivity contribution in [1.82, 2.24) is 19.6 Å². The van der Waals surface area contributed by atoms with Gasteiger partial charge in [0.25, 0.3) is 5.91 Å². The average Bonchev–Trinajstić information content (AvgIpc) is 2.74. The molecule has 0 saturated heterocycles. The van der Waals surface area contributed by atoms with E-state index in [0.717, 1.165) is 0 Å². The van der Waals surface area contributed by atoms with Crippen LogP contribution in [0.2, 0.25) is 0 Å². The highest BCUT2D eigenvalue weighted by molar-refractivity contribution is 6.06. The highest BCUT2D eigenvalue weighted by Gasteiger charge is 2.18. The molecule has 0 saturated carbocycles. The minimum absolute atomic E-state index is 0.297. The van der Waals surface area contributed by atoms with Gasteiger partial charge in [0.1, 0.15) is 11.5 Å². The molecule has 7 nitrogen and oxygen atoms in total. The van der Waals surface area contributed by atoms with Crippen molar-refractivity contribution in [3.8, 4) is 0 Å². The number of aromatic nitrogens is 4. The van der Waals surface area contributed by atoms with Gasteiger partial charge in [-0.1, -0.05) is 0 Å². The Kier molecular flexibility index (Phi) is 2.58. The molecule has 0 aliphatic carbocycles. The minimum atomic E-state index is -0.297. The van der Waals surface area contributed by atoms with E-state index in [-0.39, 0.29) is 5.91 Å². The molecule has 7 heteroatoms. The fourth-order valence-corrected chi connectivity index (χ4v) is 1.62. The van der Waals surface area contributed by atoms with Crippen molar-refractivity contribution >= 4 is 17.4 Å². The van der Waals surface area contributed by atoms with Crippen molar-refractivity contribution in [2.75, 3.05) is 11.1 Å². The maximum Gasteiger partial charge on any atom is 0.277 e. The summed E-state index contributed by atoms with van der Waals surface area (Å²) in [6.07, 6.45) is 1.60. The SMILES string of the molecule is Cc1nn(C)c(C(=O)Nc2ccnn2C)c1N. The summed E-state index contributed by atoms with van der Waals surface area (Å²) in [5.41, 5.74) is 7.19. The van der Waals surface area contributed by atoms with Crippen molar-refractivity contribution in [2.24, 2.45) is 14.1 Å². The van der Waals surface area contributed by atoms with Crippen LogP contribution in [0.4, 0.5) is 11.5 Å². The number of amides is 1. The Morgan fingerprint density at radius 1 is 1.41 bits per heavy atom. The first kappa shape index (κ1) is 11.2. The predicted octanol–water partition coefficient (Wildman–Crippen LogP) is 0.297. The summed E-state index contributed by atoms with van der Waals surface area (Å²) in [7, 11) is 3.43. The van der Waals surface area contributed by atoms with E-state index < -0.39 is 0 Å². The molecule has 0 atom stereocenters. The van der Waals surface area contributed by atoms with Crippen LogP contribution >= 0.6 is 0 Å². The second kappa shape index (κ2) is 3.93. The molecule has 0 aliphatic heterocycles. The fourth-order valence-electron chi connectivity index (χ4n) is 1.62. The zero-order valence-corrected chi connectivity index (χ0v) is 9.93. The maximum atomic E-state index is 12.0. The van der Waals surface area contributed by atoms with E-state index in [9.17, 15) is 4.79 Å². The predicted molar refractivity (Wildman–Crippen MR) is 63.5 cm³/mol. The molecular weight excluding hydrogens is 220 g/mol. The molecule has 3 N–H and O–H groups in total. The highest BCUT2D eigenvalue weighted by Crippen LogP contribution is 2.16. The topological polar surface area (TPSA) is 90.8 Å². The number of nitrogens with zero attached hydrogens (tertiary/aromatic N) is 4. The second-order valence-corrected chi connectivity index (χ2v) is 3.77. The zero-order chi connectivity index (χ0) is 12.6. The van der Waals surface area contributed by atoms with Crippen molar-refractivity contribution in [3.63, 3.8) is 0 Å². The van der Waals surface area contributed by atoms with Crippen LogP contribution in [0.15, 0.2) is 12.3 Å². The molecule has 2 aromatic rings. The molecule has 2 aromatic heterocycles. The lowest BCUT2D eigenvalue weighted by molar-refractivity contribution is 0.101. The Morgan fingerprint density at radius 3 is 2.59 bits per heavy atom. The third kappa shape index (κ3) is 1.86. The quantitative estimate of drug-likeness (QED) is 0.781. The van der Waals surface area contributed by atoms with Crippen molar-refractivity contribution < 1.29 is 4.79 Å². The first-order valence-corrected chi connectivity index (χ1v) is 5.09. The van der Waals surface area contributed by atoms with Gasteiger partial charge in [0.2, 0.25) is 0 Å². The summed E-state index contributed by atoms with van der Waals surface area (Å²) in [6.45, 7) is 1.76. The average molecular weight is 234 g/mol. The largest absolute Gasteiger partial charge is 0.395 e. The van der Waals surface area contributed by atoms with Crippen LogP contribution in [-0.2, 0) is 14.1 Å². The number of aryl methyl sites for hydroxylation is 3. The third-order valence-corrected chi connectivity index (χ3v) is 2.55. The minimum Gasteiger partial charge on any atom is -0.395 e. The van der Waals surface area contributed by atoms with E-state index in [0.29, 0.717) is 22.9 Å². The summed E-state index contributed by atoms with van der Waals surface area (Å²) in [4.78, 5) is 12.0. The highest BCUT2D eigenvalue weighted by atomic mass is 16.2. The smallest absolute Gasteiger partial charge is 0.277 e. The maximum absolute atomic E-state index is 12.0. The van der Waals surface area contributed by atoms with Gasteiger partial charge in [-0.2, -0.15) is 10.2 Å². The molecule has 0 aromatic carbocycles.